The number of nitrogens with zero attached hydrogens (tertiary/aromatic N) is 2. The molecule has 2 amide bonds. The van der Waals surface area contributed by atoms with E-state index >= 15 is 0 Å². The van der Waals surface area contributed by atoms with Crippen molar-refractivity contribution in [2.24, 2.45) is 0 Å². The third-order valence-corrected chi connectivity index (χ3v) is 8.23. The SMILES string of the molecule is CCC(C)NC(=O)C(C)N(Cc1c(Cl)cccc1Cl)C(=O)CCCN(c1cc(C)ccc1C)S(C)(=O)=O. The van der Waals surface area contributed by atoms with E-state index in [1.54, 1.807) is 25.1 Å². The van der Waals surface area contributed by atoms with Gasteiger partial charge in [0.15, 0.2) is 0 Å². The molecule has 0 aromatic heterocycles. The normalized spacial score (nSPS) is 13.1. The van der Waals surface area contributed by atoms with Crippen LogP contribution in [0.1, 0.15) is 56.7 Å². The van der Waals surface area contributed by atoms with Crippen molar-refractivity contribution in [2.45, 2.75) is 72.5 Å². The summed E-state index contributed by atoms with van der Waals surface area (Å²) in [4.78, 5) is 27.8. The topological polar surface area (TPSA) is 86.8 Å². The van der Waals surface area contributed by atoms with Crippen molar-refractivity contribution in [1.29, 1.82) is 0 Å². The lowest BCUT2D eigenvalue weighted by atomic mass is 10.1. The van der Waals surface area contributed by atoms with Crippen LogP contribution in [0, 0.1) is 13.8 Å². The van der Waals surface area contributed by atoms with Gasteiger partial charge in [-0.25, -0.2) is 8.42 Å². The van der Waals surface area contributed by atoms with Gasteiger partial charge in [0.1, 0.15) is 6.04 Å². The highest BCUT2D eigenvalue weighted by atomic mass is 35.5. The number of sulfonamides is 1. The molecule has 7 nitrogen and oxygen atoms in total. The summed E-state index contributed by atoms with van der Waals surface area (Å²) in [5.41, 5.74) is 2.91. The minimum Gasteiger partial charge on any atom is -0.352 e. The Balaban J connectivity index is 2.26. The second-order valence-electron chi connectivity index (χ2n) is 9.44. The number of nitrogens with one attached hydrogen (secondary N) is 1. The van der Waals surface area contributed by atoms with Crippen LogP contribution in [0.4, 0.5) is 5.69 Å². The van der Waals surface area contributed by atoms with Gasteiger partial charge in [-0.3, -0.25) is 13.9 Å². The number of hydrogen-bond acceptors (Lipinski definition) is 4. The molecule has 37 heavy (non-hydrogen) atoms. The predicted octanol–water partition coefficient (Wildman–Crippen LogP) is 5.49. The van der Waals surface area contributed by atoms with Crippen molar-refractivity contribution in [1.82, 2.24) is 10.2 Å². The van der Waals surface area contributed by atoms with E-state index in [9.17, 15) is 18.0 Å². The third-order valence-electron chi connectivity index (χ3n) is 6.34. The molecule has 1 N–H and O–H groups in total. The Morgan fingerprint density at radius 1 is 1.05 bits per heavy atom. The van der Waals surface area contributed by atoms with Crippen LogP contribution in [0.25, 0.3) is 0 Å². The maximum Gasteiger partial charge on any atom is 0.242 e. The molecule has 0 saturated heterocycles. The molecule has 2 unspecified atom stereocenters. The number of hydrogen-bond donors (Lipinski definition) is 1. The van der Waals surface area contributed by atoms with Gasteiger partial charge in [-0.15, -0.1) is 0 Å². The van der Waals surface area contributed by atoms with Crippen molar-refractivity contribution >= 4 is 50.7 Å². The molecule has 0 fully saturated rings. The van der Waals surface area contributed by atoms with Crippen LogP contribution >= 0.6 is 23.2 Å². The Morgan fingerprint density at radius 3 is 2.24 bits per heavy atom. The van der Waals surface area contributed by atoms with Crippen molar-refractivity contribution in [3.05, 3.63) is 63.1 Å². The summed E-state index contributed by atoms with van der Waals surface area (Å²) >= 11 is 12.7. The molecule has 2 atom stereocenters. The van der Waals surface area contributed by atoms with Gasteiger partial charge in [-0.05, 0) is 69.9 Å². The highest BCUT2D eigenvalue weighted by molar-refractivity contribution is 7.92. The van der Waals surface area contributed by atoms with Gasteiger partial charge in [-0.2, -0.15) is 0 Å². The van der Waals surface area contributed by atoms with E-state index in [1.807, 2.05) is 45.9 Å². The van der Waals surface area contributed by atoms with E-state index in [4.69, 9.17) is 23.2 Å². The Morgan fingerprint density at radius 2 is 1.68 bits per heavy atom. The fourth-order valence-corrected chi connectivity index (χ4v) is 5.40. The molecule has 0 radical (unpaired) electrons. The summed E-state index contributed by atoms with van der Waals surface area (Å²) < 4.78 is 26.5. The average molecular weight is 571 g/mol. The minimum atomic E-state index is -3.57. The molecule has 2 aromatic carbocycles. The van der Waals surface area contributed by atoms with Crippen molar-refractivity contribution < 1.29 is 18.0 Å². The van der Waals surface area contributed by atoms with Gasteiger partial charge >= 0.3 is 0 Å². The molecule has 0 aliphatic carbocycles. The van der Waals surface area contributed by atoms with E-state index in [0.29, 0.717) is 21.3 Å². The van der Waals surface area contributed by atoms with E-state index in [2.05, 4.69) is 5.32 Å². The first-order valence-electron chi connectivity index (χ1n) is 12.3. The zero-order valence-corrected chi connectivity index (χ0v) is 24.7. The fraction of sp³-hybridized carbons (Fsp3) is 0.481. The van der Waals surface area contributed by atoms with Crippen LogP contribution in [0.5, 0.6) is 0 Å². The Labute approximate surface area is 231 Å². The lowest BCUT2D eigenvalue weighted by Crippen LogP contribution is -2.49. The molecule has 0 bridgehead atoms. The van der Waals surface area contributed by atoms with E-state index < -0.39 is 16.1 Å². The zero-order chi connectivity index (χ0) is 27.9. The molecule has 0 saturated carbocycles. The maximum atomic E-state index is 13.5. The van der Waals surface area contributed by atoms with E-state index in [0.717, 1.165) is 23.8 Å². The lowest BCUT2D eigenvalue weighted by Gasteiger charge is -2.31. The van der Waals surface area contributed by atoms with Gasteiger partial charge in [0.25, 0.3) is 0 Å². The molecule has 2 rings (SSSR count). The Kier molecular flexibility index (Phi) is 11.3. The molecule has 10 heteroatoms. The van der Waals surface area contributed by atoms with Crippen LogP contribution in [0.15, 0.2) is 36.4 Å². The first-order valence-corrected chi connectivity index (χ1v) is 14.9. The zero-order valence-electron chi connectivity index (χ0n) is 22.3. The first-order chi connectivity index (χ1) is 17.3. The molecule has 0 aliphatic rings. The van der Waals surface area contributed by atoms with Gasteiger partial charge in [0.05, 0.1) is 11.9 Å². The molecule has 2 aromatic rings. The highest BCUT2D eigenvalue weighted by Crippen LogP contribution is 2.28. The van der Waals surface area contributed by atoms with Gasteiger partial charge < -0.3 is 10.2 Å². The second kappa shape index (κ2) is 13.5. The minimum absolute atomic E-state index is 0.0416. The Hall–Kier alpha value is -2.29. The van der Waals surface area contributed by atoms with Crippen LogP contribution in [0.3, 0.4) is 0 Å². The maximum absolute atomic E-state index is 13.5. The van der Waals surface area contributed by atoms with Crippen molar-refractivity contribution in [3.8, 4) is 0 Å². The van der Waals surface area contributed by atoms with E-state index in [-0.39, 0.29) is 43.8 Å². The van der Waals surface area contributed by atoms with Crippen molar-refractivity contribution in [2.75, 3.05) is 17.1 Å². The first kappa shape index (κ1) is 30.9. The molecular weight excluding hydrogens is 533 g/mol. The number of carbonyl (C=O) groups excluding carboxylic acids is 2. The van der Waals surface area contributed by atoms with E-state index in [1.165, 1.54) is 9.21 Å². The smallest absolute Gasteiger partial charge is 0.242 e. The largest absolute Gasteiger partial charge is 0.352 e. The lowest BCUT2D eigenvalue weighted by molar-refractivity contribution is -0.140. The number of halogens is 2. The van der Waals surface area contributed by atoms with Crippen LogP contribution in [0.2, 0.25) is 10.0 Å². The van der Waals surface area contributed by atoms with Crippen molar-refractivity contribution in [3.63, 3.8) is 0 Å². The summed E-state index contributed by atoms with van der Waals surface area (Å²) in [6.07, 6.45) is 2.22. The quantitative estimate of drug-likeness (QED) is 0.366. The fourth-order valence-electron chi connectivity index (χ4n) is 3.87. The number of anilines is 1. The molecule has 0 heterocycles. The Bertz CT molecular complexity index is 1200. The number of rotatable bonds is 12. The van der Waals surface area contributed by atoms with Crippen LogP contribution < -0.4 is 9.62 Å². The van der Waals surface area contributed by atoms with Gasteiger partial charge in [-0.1, -0.05) is 48.3 Å². The summed E-state index contributed by atoms with van der Waals surface area (Å²) in [6, 6.07) is 9.88. The summed E-state index contributed by atoms with van der Waals surface area (Å²) in [7, 11) is -3.57. The monoisotopic (exact) mass is 569 g/mol. The van der Waals surface area contributed by atoms with Crippen LogP contribution in [-0.2, 0) is 26.2 Å². The summed E-state index contributed by atoms with van der Waals surface area (Å²) in [5, 5.41) is 3.72. The number of carbonyl (C=O) groups is 2. The molecule has 204 valence electrons. The molecule has 0 spiro atoms. The molecule has 0 aliphatic heterocycles. The summed E-state index contributed by atoms with van der Waals surface area (Å²) in [6.45, 7) is 9.46. The van der Waals surface area contributed by atoms with Crippen LogP contribution in [-0.4, -0.2) is 50.0 Å². The highest BCUT2D eigenvalue weighted by Gasteiger charge is 2.28. The average Bonchev–Trinajstić information content (AvgIpc) is 2.82. The number of amides is 2. The second-order valence-corrected chi connectivity index (χ2v) is 12.2. The summed E-state index contributed by atoms with van der Waals surface area (Å²) in [5.74, 6) is -0.573. The predicted molar refractivity (Wildman–Crippen MR) is 152 cm³/mol. The molecular formula is C27H37Cl2N3O4S. The number of aryl methyl sites for hydroxylation is 2. The number of benzene rings is 2. The third kappa shape index (κ3) is 8.62. The van der Waals surface area contributed by atoms with Gasteiger partial charge in [0, 0.05) is 41.2 Å². The standard InChI is InChI=1S/C27H37Cl2N3O4S/c1-7-20(4)30-27(34)21(5)31(17-22-23(28)10-8-11-24(22)29)26(33)12-9-15-32(37(6,35)36)25-16-18(2)13-14-19(25)3/h8,10-11,13-14,16,20-21H,7,9,12,15,17H2,1-6H3,(H,30,34). The van der Waals surface area contributed by atoms with Gasteiger partial charge in [0.2, 0.25) is 21.8 Å².